The van der Waals surface area contributed by atoms with Gasteiger partial charge in [0.25, 0.3) is 5.91 Å². The first-order chi connectivity index (χ1) is 15.2. The highest BCUT2D eigenvalue weighted by atomic mass is 32.2. The van der Waals surface area contributed by atoms with Crippen LogP contribution < -0.4 is 5.32 Å². The summed E-state index contributed by atoms with van der Waals surface area (Å²) in [5.74, 6) is 0.351. The monoisotopic (exact) mass is 430 g/mol. The highest BCUT2D eigenvalue weighted by molar-refractivity contribution is 8.00. The molecule has 0 saturated carbocycles. The number of hydrogen-bond donors (Lipinski definition) is 1. The Kier molecular flexibility index (Phi) is 7.05. The third-order valence-electron chi connectivity index (χ3n) is 5.48. The highest BCUT2D eigenvalue weighted by Crippen LogP contribution is 2.26. The molecule has 3 aromatic carbocycles. The number of hydrogen-bond acceptors (Lipinski definition) is 3. The van der Waals surface area contributed by atoms with E-state index in [1.54, 1.807) is 0 Å². The van der Waals surface area contributed by atoms with Gasteiger partial charge in [-0.2, -0.15) is 0 Å². The summed E-state index contributed by atoms with van der Waals surface area (Å²) in [6, 6.07) is 27.2. The Hall–Kier alpha value is -3.05. The number of nitrogens with one attached hydrogen (secondary N) is 1. The molecule has 0 spiro atoms. The van der Waals surface area contributed by atoms with Crippen molar-refractivity contribution < 1.29 is 9.59 Å². The van der Waals surface area contributed by atoms with Gasteiger partial charge in [-0.25, -0.2) is 0 Å². The molecule has 5 heteroatoms. The quantitative estimate of drug-likeness (QED) is 0.541. The topological polar surface area (TPSA) is 49.4 Å². The number of carbonyl (C=O) groups excluding carboxylic acids is 2. The molecule has 1 fully saturated rings. The molecular formula is C26H26N2O2S. The fourth-order valence-electron chi connectivity index (χ4n) is 3.84. The van der Waals surface area contributed by atoms with Gasteiger partial charge < -0.3 is 10.2 Å². The average molecular weight is 431 g/mol. The van der Waals surface area contributed by atoms with Crippen molar-refractivity contribution in [3.8, 4) is 0 Å². The van der Waals surface area contributed by atoms with Crippen LogP contribution in [0.4, 0.5) is 0 Å². The Morgan fingerprint density at radius 2 is 1.35 bits per heavy atom. The molecule has 0 radical (unpaired) electrons. The van der Waals surface area contributed by atoms with Crippen molar-refractivity contribution in [2.75, 3.05) is 18.8 Å². The minimum atomic E-state index is -0.251. The largest absolute Gasteiger partial charge is 0.342 e. The molecular weight excluding hydrogens is 404 g/mol. The predicted octanol–water partition coefficient (Wildman–Crippen LogP) is 4.92. The Morgan fingerprint density at radius 1 is 0.806 bits per heavy atom. The van der Waals surface area contributed by atoms with Crippen LogP contribution in [0, 0.1) is 0 Å². The zero-order chi connectivity index (χ0) is 21.5. The van der Waals surface area contributed by atoms with Crippen LogP contribution in [0.1, 0.15) is 40.4 Å². The number of amides is 2. The Balaban J connectivity index is 1.52. The van der Waals surface area contributed by atoms with E-state index >= 15 is 0 Å². The van der Waals surface area contributed by atoms with Crippen molar-refractivity contribution >= 4 is 23.6 Å². The molecule has 1 aliphatic heterocycles. The molecule has 4 nitrogen and oxygen atoms in total. The van der Waals surface area contributed by atoms with E-state index in [1.165, 1.54) is 11.8 Å². The first-order valence-electron chi connectivity index (χ1n) is 10.6. The van der Waals surface area contributed by atoms with E-state index in [4.69, 9.17) is 0 Å². The van der Waals surface area contributed by atoms with Gasteiger partial charge in [0.2, 0.25) is 5.91 Å². The van der Waals surface area contributed by atoms with Crippen LogP contribution in [0.2, 0.25) is 0 Å². The van der Waals surface area contributed by atoms with E-state index in [1.807, 2.05) is 89.8 Å². The first-order valence-corrected chi connectivity index (χ1v) is 11.6. The number of benzene rings is 3. The van der Waals surface area contributed by atoms with Crippen LogP contribution in [0.25, 0.3) is 0 Å². The van der Waals surface area contributed by atoms with Crippen molar-refractivity contribution in [1.82, 2.24) is 10.2 Å². The predicted molar refractivity (Wildman–Crippen MR) is 125 cm³/mol. The molecule has 31 heavy (non-hydrogen) atoms. The van der Waals surface area contributed by atoms with E-state index in [0.717, 1.165) is 42.0 Å². The normalized spacial score (nSPS) is 13.4. The SMILES string of the molecule is O=C(NC(c1ccccc1)c1ccccc1)c1ccccc1SCC(=O)N1CCCC1. The van der Waals surface area contributed by atoms with Gasteiger partial charge in [-0.1, -0.05) is 72.8 Å². The van der Waals surface area contributed by atoms with Crippen LogP contribution in [-0.2, 0) is 4.79 Å². The lowest BCUT2D eigenvalue weighted by Gasteiger charge is -2.21. The van der Waals surface area contributed by atoms with Gasteiger partial charge in [-0.3, -0.25) is 9.59 Å². The summed E-state index contributed by atoms with van der Waals surface area (Å²) >= 11 is 1.44. The van der Waals surface area contributed by atoms with Crippen LogP contribution in [0.15, 0.2) is 89.8 Å². The third kappa shape index (κ3) is 5.36. The molecule has 0 aromatic heterocycles. The first kappa shape index (κ1) is 21.2. The number of thioether (sulfide) groups is 1. The maximum atomic E-state index is 13.3. The van der Waals surface area contributed by atoms with Crippen LogP contribution in [0.3, 0.4) is 0 Å². The fraction of sp³-hybridized carbons (Fsp3) is 0.231. The highest BCUT2D eigenvalue weighted by Gasteiger charge is 2.21. The number of carbonyl (C=O) groups is 2. The van der Waals surface area contributed by atoms with E-state index < -0.39 is 0 Å². The van der Waals surface area contributed by atoms with Gasteiger partial charge in [-0.05, 0) is 36.1 Å². The summed E-state index contributed by atoms with van der Waals surface area (Å²) in [5, 5.41) is 3.20. The summed E-state index contributed by atoms with van der Waals surface area (Å²) in [4.78, 5) is 28.5. The average Bonchev–Trinajstić information content (AvgIpc) is 3.37. The molecule has 3 aromatic rings. The maximum absolute atomic E-state index is 13.3. The number of likely N-dealkylation sites (tertiary alicyclic amines) is 1. The van der Waals surface area contributed by atoms with E-state index in [9.17, 15) is 9.59 Å². The van der Waals surface area contributed by atoms with Gasteiger partial charge in [0, 0.05) is 18.0 Å². The summed E-state index contributed by atoms with van der Waals surface area (Å²) in [5.41, 5.74) is 2.64. The Morgan fingerprint density at radius 3 is 1.97 bits per heavy atom. The number of rotatable bonds is 7. The minimum absolute atomic E-state index is 0.143. The van der Waals surface area contributed by atoms with Crippen LogP contribution in [0.5, 0.6) is 0 Å². The smallest absolute Gasteiger partial charge is 0.253 e. The molecule has 0 unspecified atom stereocenters. The lowest BCUT2D eigenvalue weighted by atomic mass is 9.98. The zero-order valence-corrected chi connectivity index (χ0v) is 18.2. The summed E-state index contributed by atoms with van der Waals surface area (Å²) in [6.45, 7) is 1.69. The van der Waals surface area contributed by atoms with Gasteiger partial charge in [0.15, 0.2) is 0 Å². The lowest BCUT2D eigenvalue weighted by molar-refractivity contribution is -0.127. The minimum Gasteiger partial charge on any atom is -0.342 e. The number of nitrogens with zero attached hydrogens (tertiary/aromatic N) is 1. The van der Waals surface area contributed by atoms with Crippen molar-refractivity contribution in [2.45, 2.75) is 23.8 Å². The molecule has 1 saturated heterocycles. The maximum Gasteiger partial charge on any atom is 0.253 e. The fourth-order valence-corrected chi connectivity index (χ4v) is 4.79. The molecule has 4 rings (SSSR count). The molecule has 0 bridgehead atoms. The molecule has 0 aliphatic carbocycles. The van der Waals surface area contributed by atoms with Gasteiger partial charge >= 0.3 is 0 Å². The molecule has 1 aliphatic rings. The summed E-state index contributed by atoms with van der Waals surface area (Å²) in [7, 11) is 0. The molecule has 1 heterocycles. The van der Waals surface area contributed by atoms with Crippen molar-refractivity contribution in [2.24, 2.45) is 0 Å². The Bertz CT molecular complexity index is 978. The second-order valence-electron chi connectivity index (χ2n) is 7.60. The lowest BCUT2D eigenvalue weighted by Crippen LogP contribution is -2.30. The zero-order valence-electron chi connectivity index (χ0n) is 17.4. The van der Waals surface area contributed by atoms with Gasteiger partial charge in [0.05, 0.1) is 17.4 Å². The second-order valence-corrected chi connectivity index (χ2v) is 8.62. The summed E-state index contributed by atoms with van der Waals surface area (Å²) in [6.07, 6.45) is 2.16. The van der Waals surface area contributed by atoms with Crippen molar-refractivity contribution in [3.05, 3.63) is 102 Å². The van der Waals surface area contributed by atoms with Gasteiger partial charge in [-0.15, -0.1) is 11.8 Å². The van der Waals surface area contributed by atoms with E-state index in [-0.39, 0.29) is 17.9 Å². The molecule has 1 N–H and O–H groups in total. The van der Waals surface area contributed by atoms with E-state index in [2.05, 4.69) is 5.32 Å². The molecule has 158 valence electrons. The van der Waals surface area contributed by atoms with Gasteiger partial charge in [0.1, 0.15) is 0 Å². The van der Waals surface area contributed by atoms with Crippen molar-refractivity contribution in [3.63, 3.8) is 0 Å². The standard InChI is InChI=1S/C26H26N2O2S/c29-24(28-17-9-10-18-28)19-31-23-16-8-7-15-22(23)26(30)27-25(20-11-3-1-4-12-20)21-13-5-2-6-14-21/h1-8,11-16,25H,9-10,17-19H2,(H,27,30). The van der Waals surface area contributed by atoms with Crippen molar-refractivity contribution in [1.29, 1.82) is 0 Å². The second kappa shape index (κ2) is 10.3. The van der Waals surface area contributed by atoms with Crippen LogP contribution >= 0.6 is 11.8 Å². The third-order valence-corrected chi connectivity index (χ3v) is 6.54. The summed E-state index contributed by atoms with van der Waals surface area (Å²) < 4.78 is 0. The van der Waals surface area contributed by atoms with Crippen LogP contribution in [-0.4, -0.2) is 35.6 Å². The molecule has 0 atom stereocenters. The van der Waals surface area contributed by atoms with E-state index in [0.29, 0.717) is 11.3 Å². The molecule has 2 amide bonds. The Labute approximate surface area is 187 Å².